The Hall–Kier alpha value is -2.01. The highest BCUT2D eigenvalue weighted by atomic mass is 16.5. The molecule has 1 aliphatic rings. The van der Waals surface area contributed by atoms with Crippen LogP contribution in [0.15, 0.2) is 24.3 Å². The zero-order valence-corrected chi connectivity index (χ0v) is 11.3. The average molecular weight is 273 g/mol. The molecular formula is C15H19N3O2. The molecule has 0 radical (unpaired) electrons. The van der Waals surface area contributed by atoms with Gasteiger partial charge in [0.15, 0.2) is 0 Å². The number of ether oxygens (including phenoxy) is 1. The molecule has 2 heterocycles. The number of H-pyrrole nitrogens is 1. The molecule has 1 atom stereocenters. The maximum atomic E-state index is 12.1. The summed E-state index contributed by atoms with van der Waals surface area (Å²) in [4.78, 5) is 15.2. The van der Waals surface area contributed by atoms with Gasteiger partial charge in [-0.2, -0.15) is 0 Å². The normalized spacial score (nSPS) is 18.5. The van der Waals surface area contributed by atoms with E-state index in [1.165, 1.54) is 0 Å². The molecule has 1 amide bonds. The van der Waals surface area contributed by atoms with E-state index in [0.29, 0.717) is 23.8 Å². The molecule has 1 aromatic heterocycles. The van der Waals surface area contributed by atoms with Crippen molar-refractivity contribution in [3.05, 3.63) is 30.0 Å². The molecule has 0 aliphatic carbocycles. The van der Waals surface area contributed by atoms with Crippen LogP contribution in [0.5, 0.6) is 0 Å². The quantitative estimate of drug-likeness (QED) is 0.744. The van der Waals surface area contributed by atoms with Crippen LogP contribution in [0.4, 0.5) is 5.69 Å². The third-order valence-electron chi connectivity index (χ3n) is 3.80. The first-order chi connectivity index (χ1) is 9.74. The number of rotatable bonds is 4. The van der Waals surface area contributed by atoms with Crippen LogP contribution in [0.2, 0.25) is 0 Å². The molecule has 2 aromatic rings. The van der Waals surface area contributed by atoms with Crippen molar-refractivity contribution >= 4 is 22.5 Å². The maximum Gasteiger partial charge on any atom is 0.267 e. The standard InChI is InChI=1S/C15H19N3O2/c16-12-3-1-2-11-8-13(18-14(11)12)15(19)17-6-4-10-5-7-20-9-10/h1-3,8,10,18H,4-7,9,16H2,(H,17,19). The Morgan fingerprint density at radius 1 is 1.50 bits per heavy atom. The number of anilines is 1. The Labute approximate surface area is 117 Å². The molecule has 20 heavy (non-hydrogen) atoms. The minimum absolute atomic E-state index is 0.0838. The van der Waals surface area contributed by atoms with Gasteiger partial charge in [-0.15, -0.1) is 0 Å². The number of aromatic amines is 1. The average Bonchev–Trinajstić information content (AvgIpc) is 3.07. The van der Waals surface area contributed by atoms with Crippen LogP contribution in [0.3, 0.4) is 0 Å². The highest BCUT2D eigenvalue weighted by Gasteiger charge is 2.16. The molecule has 1 fully saturated rings. The summed E-state index contributed by atoms with van der Waals surface area (Å²) in [6, 6.07) is 7.47. The van der Waals surface area contributed by atoms with E-state index in [1.54, 1.807) is 0 Å². The van der Waals surface area contributed by atoms with Gasteiger partial charge in [0.25, 0.3) is 5.91 Å². The molecular weight excluding hydrogens is 254 g/mol. The summed E-state index contributed by atoms with van der Waals surface area (Å²) >= 11 is 0. The number of carbonyl (C=O) groups is 1. The first kappa shape index (κ1) is 13.0. The second-order valence-electron chi connectivity index (χ2n) is 5.27. The molecule has 1 saturated heterocycles. The summed E-state index contributed by atoms with van der Waals surface area (Å²) in [5, 5.41) is 3.90. The predicted molar refractivity (Wildman–Crippen MR) is 78.6 cm³/mol. The molecule has 0 bridgehead atoms. The van der Waals surface area contributed by atoms with Crippen LogP contribution in [0.1, 0.15) is 23.3 Å². The summed E-state index contributed by atoms with van der Waals surface area (Å²) in [6.45, 7) is 2.34. The van der Waals surface area contributed by atoms with Gasteiger partial charge in [0, 0.05) is 25.1 Å². The smallest absolute Gasteiger partial charge is 0.267 e. The number of amides is 1. The van der Waals surface area contributed by atoms with E-state index in [2.05, 4.69) is 10.3 Å². The third-order valence-corrected chi connectivity index (χ3v) is 3.80. The van der Waals surface area contributed by atoms with Crippen molar-refractivity contribution in [3.8, 4) is 0 Å². The highest BCUT2D eigenvalue weighted by molar-refractivity contribution is 6.00. The van der Waals surface area contributed by atoms with Crippen molar-refractivity contribution in [1.82, 2.24) is 10.3 Å². The van der Waals surface area contributed by atoms with Crippen molar-refractivity contribution in [2.45, 2.75) is 12.8 Å². The third kappa shape index (κ3) is 2.63. The van der Waals surface area contributed by atoms with Crippen molar-refractivity contribution < 1.29 is 9.53 Å². The number of nitrogens with one attached hydrogen (secondary N) is 2. The zero-order chi connectivity index (χ0) is 13.9. The molecule has 5 nitrogen and oxygen atoms in total. The summed E-state index contributed by atoms with van der Waals surface area (Å²) in [6.07, 6.45) is 2.06. The lowest BCUT2D eigenvalue weighted by molar-refractivity contribution is 0.0946. The van der Waals surface area contributed by atoms with Crippen LogP contribution < -0.4 is 11.1 Å². The molecule has 0 saturated carbocycles. The topological polar surface area (TPSA) is 80.1 Å². The van der Waals surface area contributed by atoms with Crippen molar-refractivity contribution in [2.75, 3.05) is 25.5 Å². The number of hydrogen-bond donors (Lipinski definition) is 3. The van der Waals surface area contributed by atoms with E-state index in [4.69, 9.17) is 10.5 Å². The van der Waals surface area contributed by atoms with Gasteiger partial charge < -0.3 is 20.8 Å². The van der Waals surface area contributed by atoms with Crippen LogP contribution in [0.25, 0.3) is 10.9 Å². The maximum absolute atomic E-state index is 12.1. The molecule has 0 spiro atoms. The largest absolute Gasteiger partial charge is 0.397 e. The van der Waals surface area contributed by atoms with Crippen LogP contribution in [-0.4, -0.2) is 30.6 Å². The molecule has 3 rings (SSSR count). The Morgan fingerprint density at radius 2 is 2.40 bits per heavy atom. The van der Waals surface area contributed by atoms with E-state index in [-0.39, 0.29) is 5.91 Å². The minimum atomic E-state index is -0.0838. The van der Waals surface area contributed by atoms with E-state index >= 15 is 0 Å². The number of para-hydroxylation sites is 1. The summed E-state index contributed by atoms with van der Waals surface area (Å²) < 4.78 is 5.32. The second kappa shape index (κ2) is 5.54. The van der Waals surface area contributed by atoms with Crippen LogP contribution in [0, 0.1) is 5.92 Å². The van der Waals surface area contributed by atoms with Gasteiger partial charge in [-0.25, -0.2) is 0 Å². The Balaban J connectivity index is 1.61. The molecule has 1 aromatic carbocycles. The number of carbonyl (C=O) groups excluding carboxylic acids is 1. The summed E-state index contributed by atoms with van der Waals surface area (Å²) in [5.74, 6) is 0.494. The van der Waals surface area contributed by atoms with Crippen LogP contribution in [-0.2, 0) is 4.74 Å². The lowest BCUT2D eigenvalue weighted by atomic mass is 10.1. The first-order valence-electron chi connectivity index (χ1n) is 6.97. The number of benzene rings is 1. The van der Waals surface area contributed by atoms with Crippen molar-refractivity contribution in [2.24, 2.45) is 5.92 Å². The van der Waals surface area contributed by atoms with Crippen molar-refractivity contribution in [1.29, 1.82) is 0 Å². The van der Waals surface area contributed by atoms with E-state index in [1.807, 2.05) is 24.3 Å². The van der Waals surface area contributed by atoms with E-state index in [9.17, 15) is 4.79 Å². The predicted octanol–water partition coefficient (Wildman–Crippen LogP) is 1.91. The molecule has 1 aliphatic heterocycles. The number of fused-ring (bicyclic) bond motifs is 1. The SMILES string of the molecule is Nc1cccc2cc(C(=O)NCCC3CCOC3)[nH]c12. The number of nitrogens with two attached hydrogens (primary N) is 1. The fraction of sp³-hybridized carbons (Fsp3) is 0.400. The van der Waals surface area contributed by atoms with Gasteiger partial charge in [-0.3, -0.25) is 4.79 Å². The van der Waals surface area contributed by atoms with Gasteiger partial charge in [0.1, 0.15) is 5.69 Å². The Kier molecular flexibility index (Phi) is 3.60. The fourth-order valence-corrected chi connectivity index (χ4v) is 2.60. The van der Waals surface area contributed by atoms with Crippen molar-refractivity contribution in [3.63, 3.8) is 0 Å². The minimum Gasteiger partial charge on any atom is -0.397 e. The Bertz CT molecular complexity index is 615. The number of aromatic nitrogens is 1. The van der Waals surface area contributed by atoms with Gasteiger partial charge in [-0.05, 0) is 30.9 Å². The lowest BCUT2D eigenvalue weighted by Crippen LogP contribution is -2.26. The van der Waals surface area contributed by atoms with Gasteiger partial charge in [0.05, 0.1) is 11.2 Å². The molecule has 5 heteroatoms. The summed E-state index contributed by atoms with van der Waals surface area (Å²) in [7, 11) is 0. The fourth-order valence-electron chi connectivity index (χ4n) is 2.60. The lowest BCUT2D eigenvalue weighted by Gasteiger charge is -2.07. The van der Waals surface area contributed by atoms with Gasteiger partial charge >= 0.3 is 0 Å². The Morgan fingerprint density at radius 3 is 3.15 bits per heavy atom. The van der Waals surface area contributed by atoms with Gasteiger partial charge in [0.2, 0.25) is 0 Å². The van der Waals surface area contributed by atoms with Gasteiger partial charge in [-0.1, -0.05) is 12.1 Å². The monoisotopic (exact) mass is 273 g/mol. The second-order valence-corrected chi connectivity index (χ2v) is 5.27. The zero-order valence-electron chi connectivity index (χ0n) is 11.3. The number of nitrogen functional groups attached to an aromatic ring is 1. The van der Waals surface area contributed by atoms with E-state index < -0.39 is 0 Å². The highest BCUT2D eigenvalue weighted by Crippen LogP contribution is 2.21. The molecule has 4 N–H and O–H groups in total. The van der Waals surface area contributed by atoms with Crippen LogP contribution >= 0.6 is 0 Å². The number of hydrogen-bond acceptors (Lipinski definition) is 3. The first-order valence-corrected chi connectivity index (χ1v) is 6.97. The summed E-state index contributed by atoms with van der Waals surface area (Å²) in [5.41, 5.74) is 7.91. The molecule has 1 unspecified atom stereocenters. The molecule has 106 valence electrons. The van der Waals surface area contributed by atoms with E-state index in [0.717, 1.165) is 37.0 Å².